The number of anilines is 1. The number of rotatable bonds is 6. The van der Waals surface area contributed by atoms with E-state index in [1.54, 1.807) is 36.4 Å². The number of hydrogen-bond acceptors (Lipinski definition) is 8. The van der Waals surface area contributed by atoms with Gasteiger partial charge in [0, 0.05) is 55.9 Å². The van der Waals surface area contributed by atoms with Gasteiger partial charge in [-0.15, -0.1) is 0 Å². The van der Waals surface area contributed by atoms with Crippen LogP contribution >= 0.6 is 0 Å². The quantitative estimate of drug-likeness (QED) is 0.514. The zero-order chi connectivity index (χ0) is 23.5. The molecule has 1 fully saturated rings. The van der Waals surface area contributed by atoms with Crippen LogP contribution in [0.1, 0.15) is 31.1 Å². The fourth-order valence-electron chi connectivity index (χ4n) is 4.59. The number of esters is 1. The molecule has 2 aromatic heterocycles. The van der Waals surface area contributed by atoms with Crippen molar-refractivity contribution in [2.24, 2.45) is 0 Å². The fraction of sp³-hybridized carbons (Fsp3) is 0.440. The summed E-state index contributed by atoms with van der Waals surface area (Å²) < 4.78 is 17.0. The monoisotopic (exact) mass is 464 g/mol. The molecule has 5 rings (SSSR count). The van der Waals surface area contributed by atoms with Crippen LogP contribution in [0.2, 0.25) is 0 Å². The van der Waals surface area contributed by atoms with Crippen LogP contribution in [0, 0.1) is 0 Å². The van der Waals surface area contributed by atoms with E-state index in [4.69, 9.17) is 13.9 Å². The van der Waals surface area contributed by atoms with Crippen LogP contribution in [0.3, 0.4) is 0 Å². The number of furan rings is 1. The summed E-state index contributed by atoms with van der Waals surface area (Å²) in [6, 6.07) is 7.35. The SMILES string of the molecule is CC(OC(=O)COc1ccc2oc3c(c2c1)CCCC3)C(=O)N1CCN(c2ncccn2)CC1. The molecule has 1 aliphatic heterocycles. The Bertz CT molecular complexity index is 1170. The molecule has 0 spiro atoms. The summed E-state index contributed by atoms with van der Waals surface area (Å²) in [5, 5.41) is 1.05. The van der Waals surface area contributed by atoms with Gasteiger partial charge in [0.25, 0.3) is 5.91 Å². The maximum Gasteiger partial charge on any atom is 0.344 e. The highest BCUT2D eigenvalue weighted by atomic mass is 16.6. The number of benzene rings is 1. The molecule has 1 saturated heterocycles. The second-order valence-electron chi connectivity index (χ2n) is 8.65. The lowest BCUT2D eigenvalue weighted by molar-refractivity contribution is -0.160. The molecule has 9 nitrogen and oxygen atoms in total. The number of aryl methyl sites for hydroxylation is 2. The Balaban J connectivity index is 1.11. The molecule has 3 aromatic rings. The molecule has 1 unspecified atom stereocenters. The Morgan fingerprint density at radius 3 is 2.65 bits per heavy atom. The third-order valence-electron chi connectivity index (χ3n) is 6.37. The highest BCUT2D eigenvalue weighted by molar-refractivity contribution is 5.85. The molecule has 0 saturated carbocycles. The van der Waals surface area contributed by atoms with Crippen molar-refractivity contribution >= 4 is 28.8 Å². The third-order valence-corrected chi connectivity index (χ3v) is 6.37. The smallest absolute Gasteiger partial charge is 0.344 e. The predicted molar refractivity (Wildman–Crippen MR) is 125 cm³/mol. The molecule has 1 aliphatic carbocycles. The van der Waals surface area contributed by atoms with E-state index in [9.17, 15) is 9.59 Å². The number of fused-ring (bicyclic) bond motifs is 3. The average molecular weight is 465 g/mol. The van der Waals surface area contributed by atoms with E-state index >= 15 is 0 Å². The summed E-state index contributed by atoms with van der Waals surface area (Å²) in [4.78, 5) is 37.3. The first-order valence-electron chi connectivity index (χ1n) is 11.8. The minimum absolute atomic E-state index is 0.214. The molecule has 1 aromatic carbocycles. The van der Waals surface area contributed by atoms with Gasteiger partial charge in [-0.2, -0.15) is 0 Å². The van der Waals surface area contributed by atoms with E-state index in [-0.39, 0.29) is 12.5 Å². The first-order chi connectivity index (χ1) is 16.6. The Hall–Kier alpha value is -3.62. The van der Waals surface area contributed by atoms with Crippen molar-refractivity contribution < 1.29 is 23.5 Å². The van der Waals surface area contributed by atoms with Gasteiger partial charge in [0.1, 0.15) is 17.1 Å². The zero-order valence-electron chi connectivity index (χ0n) is 19.2. The molecule has 0 radical (unpaired) electrons. The van der Waals surface area contributed by atoms with Crippen LogP contribution in [0.15, 0.2) is 41.1 Å². The molecule has 178 valence electrons. The topological polar surface area (TPSA) is 98.0 Å². The van der Waals surface area contributed by atoms with Gasteiger partial charge in [-0.1, -0.05) is 0 Å². The largest absolute Gasteiger partial charge is 0.482 e. The van der Waals surface area contributed by atoms with E-state index < -0.39 is 12.1 Å². The lowest BCUT2D eigenvalue weighted by Crippen LogP contribution is -2.52. The molecule has 0 bridgehead atoms. The van der Waals surface area contributed by atoms with Gasteiger partial charge < -0.3 is 23.7 Å². The molecule has 0 N–H and O–H groups in total. The van der Waals surface area contributed by atoms with Gasteiger partial charge in [0.15, 0.2) is 12.7 Å². The number of hydrogen-bond donors (Lipinski definition) is 0. The lowest BCUT2D eigenvalue weighted by Gasteiger charge is -2.35. The lowest BCUT2D eigenvalue weighted by atomic mass is 9.96. The molecule has 9 heteroatoms. The number of aromatic nitrogens is 2. The van der Waals surface area contributed by atoms with Gasteiger partial charge in [-0.05, 0) is 50.5 Å². The number of ether oxygens (including phenoxy) is 2. The number of carbonyl (C=O) groups is 2. The molecule has 1 atom stereocenters. The van der Waals surface area contributed by atoms with Crippen molar-refractivity contribution in [1.82, 2.24) is 14.9 Å². The first kappa shape index (κ1) is 22.2. The van der Waals surface area contributed by atoms with Crippen molar-refractivity contribution in [3.63, 3.8) is 0 Å². The summed E-state index contributed by atoms with van der Waals surface area (Å²) in [5.41, 5.74) is 2.09. The van der Waals surface area contributed by atoms with E-state index in [2.05, 4.69) is 9.97 Å². The summed E-state index contributed by atoms with van der Waals surface area (Å²) in [7, 11) is 0. The van der Waals surface area contributed by atoms with Gasteiger partial charge in [0.2, 0.25) is 5.95 Å². The van der Waals surface area contributed by atoms with Crippen molar-refractivity contribution in [2.75, 3.05) is 37.7 Å². The van der Waals surface area contributed by atoms with E-state index in [1.807, 2.05) is 17.0 Å². The van der Waals surface area contributed by atoms with Crippen molar-refractivity contribution in [2.45, 2.75) is 38.7 Å². The van der Waals surface area contributed by atoms with Gasteiger partial charge in [-0.25, -0.2) is 14.8 Å². The Labute approximate surface area is 197 Å². The fourth-order valence-corrected chi connectivity index (χ4v) is 4.59. The average Bonchev–Trinajstić information content (AvgIpc) is 3.25. The van der Waals surface area contributed by atoms with Crippen LogP contribution in [-0.2, 0) is 27.2 Å². The number of amides is 1. The minimum atomic E-state index is -0.876. The summed E-state index contributed by atoms with van der Waals surface area (Å²) in [6.07, 6.45) is 6.79. The van der Waals surface area contributed by atoms with Crippen LogP contribution in [0.4, 0.5) is 5.95 Å². The minimum Gasteiger partial charge on any atom is -0.482 e. The van der Waals surface area contributed by atoms with E-state index in [0.29, 0.717) is 37.9 Å². The summed E-state index contributed by atoms with van der Waals surface area (Å²) >= 11 is 0. The summed E-state index contributed by atoms with van der Waals surface area (Å²) in [6.45, 7) is 3.62. The van der Waals surface area contributed by atoms with Crippen LogP contribution < -0.4 is 9.64 Å². The second-order valence-corrected chi connectivity index (χ2v) is 8.65. The van der Waals surface area contributed by atoms with Gasteiger partial charge in [-0.3, -0.25) is 4.79 Å². The van der Waals surface area contributed by atoms with Gasteiger partial charge in [0.05, 0.1) is 0 Å². The van der Waals surface area contributed by atoms with Crippen LogP contribution in [0.25, 0.3) is 11.0 Å². The molecular formula is C25H28N4O5. The van der Waals surface area contributed by atoms with Crippen LogP contribution in [-0.4, -0.2) is 65.6 Å². The Morgan fingerprint density at radius 2 is 1.85 bits per heavy atom. The summed E-state index contributed by atoms with van der Waals surface area (Å²) in [5.74, 6) is 1.50. The molecule has 3 heterocycles. The maximum absolute atomic E-state index is 12.8. The molecule has 2 aliphatic rings. The number of carbonyl (C=O) groups excluding carboxylic acids is 2. The third kappa shape index (κ3) is 4.69. The number of nitrogens with zero attached hydrogens (tertiary/aromatic N) is 4. The highest BCUT2D eigenvalue weighted by Crippen LogP contribution is 2.33. The first-order valence-corrected chi connectivity index (χ1v) is 11.8. The van der Waals surface area contributed by atoms with Crippen molar-refractivity contribution in [3.05, 3.63) is 48.0 Å². The van der Waals surface area contributed by atoms with Gasteiger partial charge >= 0.3 is 5.97 Å². The van der Waals surface area contributed by atoms with Crippen molar-refractivity contribution in [1.29, 1.82) is 0 Å². The Kier molecular flexibility index (Phi) is 6.33. The van der Waals surface area contributed by atoms with E-state index in [0.717, 1.165) is 42.4 Å². The molecular weight excluding hydrogens is 436 g/mol. The normalized spacial score (nSPS) is 16.7. The Morgan fingerprint density at radius 1 is 1.09 bits per heavy atom. The highest BCUT2D eigenvalue weighted by Gasteiger charge is 2.28. The number of piperazine rings is 1. The standard InChI is InChI=1S/C25H28N4O5/c1-17(24(31)28-11-13-29(14-12-28)25-26-9-4-10-27-25)33-23(30)16-32-18-7-8-22-20(15-18)19-5-2-3-6-21(19)34-22/h4,7-10,15,17H,2-3,5-6,11-14,16H2,1H3. The second kappa shape index (κ2) is 9.70. The van der Waals surface area contributed by atoms with E-state index in [1.165, 1.54) is 5.56 Å². The van der Waals surface area contributed by atoms with Crippen LogP contribution in [0.5, 0.6) is 5.75 Å². The maximum atomic E-state index is 12.8. The van der Waals surface area contributed by atoms with Crippen molar-refractivity contribution in [3.8, 4) is 5.75 Å². The zero-order valence-corrected chi connectivity index (χ0v) is 19.2. The predicted octanol–water partition coefficient (Wildman–Crippen LogP) is 2.76. The molecule has 34 heavy (non-hydrogen) atoms. The molecule has 1 amide bonds.